The predicted octanol–water partition coefficient (Wildman–Crippen LogP) is 5.11. The molecule has 0 saturated carbocycles. The van der Waals surface area contributed by atoms with Crippen LogP contribution in [0.2, 0.25) is 10.0 Å². The molecule has 0 radical (unpaired) electrons. The zero-order valence-electron chi connectivity index (χ0n) is 10.8. The van der Waals surface area contributed by atoms with Gasteiger partial charge in [0.1, 0.15) is 0 Å². The van der Waals surface area contributed by atoms with E-state index in [0.717, 1.165) is 4.90 Å². The first-order valence-corrected chi connectivity index (χ1v) is 7.67. The third-order valence-electron chi connectivity index (χ3n) is 2.61. The van der Waals surface area contributed by atoms with E-state index < -0.39 is 0 Å². The van der Waals surface area contributed by atoms with Gasteiger partial charge in [0.15, 0.2) is 0 Å². The average Bonchev–Trinajstić information content (AvgIpc) is 2.44. The van der Waals surface area contributed by atoms with Gasteiger partial charge >= 0.3 is 0 Å². The molecular weight excluding hydrogens is 313 g/mol. The van der Waals surface area contributed by atoms with E-state index in [2.05, 4.69) is 5.32 Å². The van der Waals surface area contributed by atoms with Crippen LogP contribution in [0.15, 0.2) is 53.4 Å². The van der Waals surface area contributed by atoms with E-state index in [1.165, 1.54) is 11.8 Å². The second-order valence-electron chi connectivity index (χ2n) is 4.19. The second kappa shape index (κ2) is 7.02. The third kappa shape index (κ3) is 4.17. The van der Waals surface area contributed by atoms with Crippen molar-refractivity contribution in [3.63, 3.8) is 0 Å². The molecule has 0 fully saturated rings. The lowest BCUT2D eigenvalue weighted by Gasteiger charge is -2.13. The standard InChI is InChI=1S/C15H13Cl2NOS/c1-10(20-12-5-3-2-4-6-12)15(19)18-14-9-11(16)7-8-13(14)17/h2-10H,1H3,(H,18,19). The fraction of sp³-hybridized carbons (Fsp3) is 0.133. The zero-order valence-corrected chi connectivity index (χ0v) is 13.1. The second-order valence-corrected chi connectivity index (χ2v) is 6.44. The van der Waals surface area contributed by atoms with E-state index in [0.29, 0.717) is 15.7 Å². The van der Waals surface area contributed by atoms with Gasteiger partial charge in [-0.25, -0.2) is 0 Å². The smallest absolute Gasteiger partial charge is 0.237 e. The monoisotopic (exact) mass is 325 g/mol. The van der Waals surface area contributed by atoms with Crippen LogP contribution in [-0.2, 0) is 4.79 Å². The fourth-order valence-electron chi connectivity index (χ4n) is 1.58. The third-order valence-corrected chi connectivity index (χ3v) is 4.29. The molecule has 0 aliphatic heterocycles. The molecule has 0 heterocycles. The first kappa shape index (κ1) is 15.2. The van der Waals surface area contributed by atoms with Crippen LogP contribution in [0.25, 0.3) is 0 Å². The van der Waals surface area contributed by atoms with E-state index in [1.54, 1.807) is 18.2 Å². The van der Waals surface area contributed by atoms with Crippen molar-refractivity contribution >= 4 is 46.6 Å². The fourth-order valence-corrected chi connectivity index (χ4v) is 2.81. The molecule has 0 aliphatic carbocycles. The molecule has 0 saturated heterocycles. The van der Waals surface area contributed by atoms with Crippen molar-refractivity contribution in [2.24, 2.45) is 0 Å². The summed E-state index contributed by atoms with van der Waals surface area (Å²) in [5.41, 5.74) is 0.532. The van der Waals surface area contributed by atoms with Crippen LogP contribution in [0.3, 0.4) is 0 Å². The molecular formula is C15H13Cl2NOS. The lowest BCUT2D eigenvalue weighted by atomic mass is 10.3. The summed E-state index contributed by atoms with van der Waals surface area (Å²) in [6, 6.07) is 14.8. The van der Waals surface area contributed by atoms with Crippen molar-refractivity contribution in [3.05, 3.63) is 58.6 Å². The number of thioether (sulfide) groups is 1. The number of rotatable bonds is 4. The molecule has 2 rings (SSSR count). The minimum atomic E-state index is -0.229. The highest BCUT2D eigenvalue weighted by atomic mass is 35.5. The Labute approximate surface area is 132 Å². The van der Waals surface area contributed by atoms with E-state index in [4.69, 9.17) is 23.2 Å². The molecule has 1 amide bonds. The molecule has 2 nitrogen and oxygen atoms in total. The van der Waals surface area contributed by atoms with Gasteiger partial charge in [-0.15, -0.1) is 11.8 Å². The van der Waals surface area contributed by atoms with Crippen LogP contribution in [0.4, 0.5) is 5.69 Å². The van der Waals surface area contributed by atoms with Crippen LogP contribution < -0.4 is 5.32 Å². The summed E-state index contributed by atoms with van der Waals surface area (Å²) in [6.45, 7) is 1.85. The lowest BCUT2D eigenvalue weighted by Crippen LogP contribution is -2.22. The Balaban J connectivity index is 2.02. The highest BCUT2D eigenvalue weighted by Gasteiger charge is 2.15. The largest absolute Gasteiger partial charge is 0.324 e. The maximum atomic E-state index is 12.1. The van der Waals surface area contributed by atoms with Crippen LogP contribution in [0.5, 0.6) is 0 Å². The zero-order chi connectivity index (χ0) is 14.5. The summed E-state index contributed by atoms with van der Waals surface area (Å²) < 4.78 is 0. The minimum Gasteiger partial charge on any atom is -0.324 e. The van der Waals surface area contributed by atoms with Crippen LogP contribution in [-0.4, -0.2) is 11.2 Å². The predicted molar refractivity (Wildman–Crippen MR) is 86.9 cm³/mol. The van der Waals surface area contributed by atoms with Crippen molar-refractivity contribution < 1.29 is 4.79 Å². The molecule has 1 atom stereocenters. The van der Waals surface area contributed by atoms with Gasteiger partial charge in [-0.2, -0.15) is 0 Å². The molecule has 0 spiro atoms. The average molecular weight is 326 g/mol. The summed E-state index contributed by atoms with van der Waals surface area (Å²) >= 11 is 13.4. The van der Waals surface area contributed by atoms with Gasteiger partial charge in [0.25, 0.3) is 0 Å². The van der Waals surface area contributed by atoms with E-state index in [1.807, 2.05) is 37.3 Å². The molecule has 5 heteroatoms. The van der Waals surface area contributed by atoms with Gasteiger partial charge in [0.2, 0.25) is 5.91 Å². The number of hydrogen-bond donors (Lipinski definition) is 1. The molecule has 1 N–H and O–H groups in total. The van der Waals surface area contributed by atoms with Crippen molar-refractivity contribution in [2.45, 2.75) is 17.1 Å². The first-order valence-electron chi connectivity index (χ1n) is 6.04. The van der Waals surface area contributed by atoms with Crippen molar-refractivity contribution in [3.8, 4) is 0 Å². The Bertz CT molecular complexity index is 604. The number of nitrogens with one attached hydrogen (secondary N) is 1. The molecule has 0 aliphatic rings. The normalized spacial score (nSPS) is 11.9. The molecule has 1 unspecified atom stereocenters. The van der Waals surface area contributed by atoms with Crippen molar-refractivity contribution in [1.29, 1.82) is 0 Å². The van der Waals surface area contributed by atoms with Crippen LogP contribution in [0.1, 0.15) is 6.92 Å². The molecule has 104 valence electrons. The number of benzene rings is 2. The Kier molecular flexibility index (Phi) is 5.35. The lowest BCUT2D eigenvalue weighted by molar-refractivity contribution is -0.115. The van der Waals surface area contributed by atoms with E-state index in [9.17, 15) is 4.79 Å². The van der Waals surface area contributed by atoms with Gasteiger partial charge in [-0.05, 0) is 37.3 Å². The van der Waals surface area contributed by atoms with E-state index in [-0.39, 0.29) is 11.2 Å². The summed E-state index contributed by atoms with van der Waals surface area (Å²) in [4.78, 5) is 13.2. The number of carbonyl (C=O) groups excluding carboxylic acids is 1. The molecule has 2 aromatic rings. The SMILES string of the molecule is CC(Sc1ccccc1)C(=O)Nc1cc(Cl)ccc1Cl. The molecule has 0 aromatic heterocycles. The van der Waals surface area contributed by atoms with E-state index >= 15 is 0 Å². The highest BCUT2D eigenvalue weighted by Crippen LogP contribution is 2.28. The summed E-state index contributed by atoms with van der Waals surface area (Å²) in [6.07, 6.45) is 0. The Morgan fingerprint density at radius 1 is 1.15 bits per heavy atom. The summed E-state index contributed by atoms with van der Waals surface area (Å²) in [5, 5.41) is 3.57. The van der Waals surface area contributed by atoms with Crippen molar-refractivity contribution in [2.75, 3.05) is 5.32 Å². The van der Waals surface area contributed by atoms with Gasteiger partial charge in [0.05, 0.1) is 16.0 Å². The Hall–Kier alpha value is -1.16. The van der Waals surface area contributed by atoms with Crippen LogP contribution in [0, 0.1) is 0 Å². The first-order chi connectivity index (χ1) is 9.56. The maximum absolute atomic E-state index is 12.1. The number of anilines is 1. The summed E-state index contributed by atoms with van der Waals surface area (Å²) in [5.74, 6) is -0.108. The topological polar surface area (TPSA) is 29.1 Å². The Morgan fingerprint density at radius 2 is 1.85 bits per heavy atom. The van der Waals surface area contributed by atoms with Crippen LogP contribution >= 0.6 is 35.0 Å². The highest BCUT2D eigenvalue weighted by molar-refractivity contribution is 8.00. The van der Waals surface area contributed by atoms with Gasteiger partial charge in [0, 0.05) is 9.92 Å². The molecule has 0 bridgehead atoms. The van der Waals surface area contributed by atoms with Crippen molar-refractivity contribution in [1.82, 2.24) is 0 Å². The van der Waals surface area contributed by atoms with Gasteiger partial charge in [-0.3, -0.25) is 4.79 Å². The number of amides is 1. The van der Waals surface area contributed by atoms with Gasteiger partial charge < -0.3 is 5.32 Å². The van der Waals surface area contributed by atoms with Gasteiger partial charge in [-0.1, -0.05) is 41.4 Å². The molecule has 20 heavy (non-hydrogen) atoms. The number of hydrogen-bond acceptors (Lipinski definition) is 2. The summed E-state index contributed by atoms with van der Waals surface area (Å²) in [7, 11) is 0. The maximum Gasteiger partial charge on any atom is 0.237 e. The number of carbonyl (C=O) groups is 1. The minimum absolute atomic E-state index is 0.108. The molecule has 2 aromatic carbocycles. The quantitative estimate of drug-likeness (QED) is 0.791. The number of halogens is 2. The Morgan fingerprint density at radius 3 is 2.55 bits per heavy atom.